The van der Waals surface area contributed by atoms with Crippen molar-refractivity contribution in [3.63, 3.8) is 0 Å². The summed E-state index contributed by atoms with van der Waals surface area (Å²) in [6.07, 6.45) is 1.18. The molecule has 7 heteroatoms. The zero-order valence-corrected chi connectivity index (χ0v) is 10.6. The standard InChI is InChI=1S/C14H9FN4O2/c15-8-3-1-2-7(4-8)10-9(5-16)12(17)21-14-11(10)13(20)18-6-19-14/h1-4,6,10H,17H2,(H,18,19,20)/t10-/m0/s1. The van der Waals surface area contributed by atoms with Crippen molar-refractivity contribution >= 4 is 0 Å². The van der Waals surface area contributed by atoms with Crippen molar-refractivity contribution in [1.82, 2.24) is 9.97 Å². The number of nitrogens with zero attached hydrogens (tertiary/aromatic N) is 2. The average Bonchev–Trinajstić information content (AvgIpc) is 2.46. The van der Waals surface area contributed by atoms with Crippen LogP contribution in [0.4, 0.5) is 4.39 Å². The Bertz CT molecular complexity index is 851. The van der Waals surface area contributed by atoms with Crippen LogP contribution in [0.3, 0.4) is 0 Å². The van der Waals surface area contributed by atoms with Crippen molar-refractivity contribution < 1.29 is 9.13 Å². The van der Waals surface area contributed by atoms with Gasteiger partial charge in [-0.25, -0.2) is 9.37 Å². The van der Waals surface area contributed by atoms with E-state index in [4.69, 9.17) is 10.5 Å². The monoisotopic (exact) mass is 284 g/mol. The molecule has 0 bridgehead atoms. The van der Waals surface area contributed by atoms with Crippen LogP contribution in [0.25, 0.3) is 0 Å². The molecule has 6 nitrogen and oxygen atoms in total. The Morgan fingerprint density at radius 2 is 2.29 bits per heavy atom. The second-order valence-corrected chi connectivity index (χ2v) is 4.43. The summed E-state index contributed by atoms with van der Waals surface area (Å²) in [5, 5.41) is 9.28. The van der Waals surface area contributed by atoms with E-state index >= 15 is 0 Å². The third kappa shape index (κ3) is 2.03. The van der Waals surface area contributed by atoms with E-state index in [0.717, 1.165) is 0 Å². The number of nitrogens with one attached hydrogen (secondary N) is 1. The maximum atomic E-state index is 13.5. The number of ether oxygens (including phenoxy) is 1. The lowest BCUT2D eigenvalue weighted by Crippen LogP contribution is -2.28. The van der Waals surface area contributed by atoms with Crippen molar-refractivity contribution in [1.29, 1.82) is 5.26 Å². The van der Waals surface area contributed by atoms with Gasteiger partial charge in [-0.15, -0.1) is 0 Å². The molecule has 0 amide bonds. The largest absolute Gasteiger partial charge is 0.422 e. The molecule has 1 aromatic heterocycles. The van der Waals surface area contributed by atoms with Crippen molar-refractivity contribution in [2.24, 2.45) is 5.73 Å². The minimum Gasteiger partial charge on any atom is -0.422 e. The summed E-state index contributed by atoms with van der Waals surface area (Å²) >= 11 is 0. The van der Waals surface area contributed by atoms with Crippen LogP contribution in [0.2, 0.25) is 0 Å². The predicted octanol–water partition coefficient (Wildman–Crippen LogP) is 1.13. The summed E-state index contributed by atoms with van der Waals surface area (Å²) in [5.41, 5.74) is 5.85. The molecule has 0 radical (unpaired) electrons. The first-order valence-electron chi connectivity index (χ1n) is 6.02. The van der Waals surface area contributed by atoms with Gasteiger partial charge in [0.2, 0.25) is 11.8 Å². The Balaban J connectivity index is 2.31. The molecule has 0 saturated carbocycles. The van der Waals surface area contributed by atoms with Crippen molar-refractivity contribution in [3.8, 4) is 11.9 Å². The van der Waals surface area contributed by atoms with Gasteiger partial charge in [-0.1, -0.05) is 12.1 Å². The number of benzene rings is 1. The molecule has 3 rings (SSSR count). The fraction of sp³-hybridized carbons (Fsp3) is 0.0714. The molecule has 1 aliphatic heterocycles. The van der Waals surface area contributed by atoms with Crippen LogP contribution in [0.15, 0.2) is 46.8 Å². The topological polar surface area (TPSA) is 105 Å². The van der Waals surface area contributed by atoms with E-state index in [9.17, 15) is 14.4 Å². The van der Waals surface area contributed by atoms with Gasteiger partial charge in [0.25, 0.3) is 5.56 Å². The highest BCUT2D eigenvalue weighted by molar-refractivity contribution is 5.52. The Hall–Kier alpha value is -3.14. The summed E-state index contributed by atoms with van der Waals surface area (Å²) in [5.74, 6) is -1.41. The van der Waals surface area contributed by atoms with Gasteiger partial charge >= 0.3 is 0 Å². The van der Waals surface area contributed by atoms with E-state index in [1.54, 1.807) is 6.07 Å². The molecular formula is C14H9FN4O2. The normalized spacial score (nSPS) is 16.9. The second kappa shape index (κ2) is 4.76. The summed E-state index contributed by atoms with van der Waals surface area (Å²) < 4.78 is 18.7. The van der Waals surface area contributed by atoms with E-state index in [1.165, 1.54) is 24.5 Å². The number of H-pyrrole nitrogens is 1. The molecule has 2 aromatic rings. The van der Waals surface area contributed by atoms with Crippen LogP contribution in [0.1, 0.15) is 17.0 Å². The minimum atomic E-state index is -0.813. The summed E-state index contributed by atoms with van der Waals surface area (Å²) in [6.45, 7) is 0. The van der Waals surface area contributed by atoms with E-state index in [2.05, 4.69) is 9.97 Å². The summed E-state index contributed by atoms with van der Waals surface area (Å²) in [6, 6.07) is 7.54. The number of nitrogens with two attached hydrogens (primary N) is 1. The van der Waals surface area contributed by atoms with Gasteiger partial charge in [0, 0.05) is 0 Å². The molecule has 1 atom stereocenters. The van der Waals surface area contributed by atoms with Crippen molar-refractivity contribution in [2.75, 3.05) is 0 Å². The van der Waals surface area contributed by atoms with Gasteiger partial charge in [-0.3, -0.25) is 4.79 Å². The maximum absolute atomic E-state index is 13.5. The smallest absolute Gasteiger partial charge is 0.258 e. The zero-order valence-electron chi connectivity index (χ0n) is 10.6. The number of hydrogen-bond acceptors (Lipinski definition) is 5. The van der Waals surface area contributed by atoms with E-state index in [-0.39, 0.29) is 22.9 Å². The minimum absolute atomic E-state index is 0.0181. The Labute approximate surface area is 118 Å². The molecule has 0 saturated heterocycles. The van der Waals surface area contributed by atoms with Gasteiger partial charge in [0.05, 0.1) is 17.8 Å². The molecule has 0 unspecified atom stereocenters. The summed E-state index contributed by atoms with van der Waals surface area (Å²) in [7, 11) is 0. The number of allylic oxidation sites excluding steroid dienone is 1. The fourth-order valence-corrected chi connectivity index (χ4v) is 2.31. The first-order chi connectivity index (χ1) is 10.1. The van der Waals surface area contributed by atoms with Gasteiger partial charge in [-0.2, -0.15) is 5.26 Å². The SMILES string of the molecule is N#CC1=C(N)Oc2nc[nH]c(=O)c2[C@H]1c1cccc(F)c1. The molecule has 0 aliphatic carbocycles. The molecule has 21 heavy (non-hydrogen) atoms. The number of halogens is 1. The molecule has 2 heterocycles. The number of fused-ring (bicyclic) bond motifs is 1. The lowest BCUT2D eigenvalue weighted by Gasteiger charge is -2.24. The fourth-order valence-electron chi connectivity index (χ4n) is 2.31. The zero-order chi connectivity index (χ0) is 15.0. The number of aromatic nitrogens is 2. The van der Waals surface area contributed by atoms with Crippen LogP contribution in [-0.2, 0) is 0 Å². The van der Waals surface area contributed by atoms with Crippen molar-refractivity contribution in [2.45, 2.75) is 5.92 Å². The average molecular weight is 284 g/mol. The highest BCUT2D eigenvalue weighted by atomic mass is 19.1. The Morgan fingerprint density at radius 1 is 1.48 bits per heavy atom. The van der Waals surface area contributed by atoms with E-state index in [1.807, 2.05) is 6.07 Å². The van der Waals surface area contributed by atoms with E-state index < -0.39 is 17.3 Å². The maximum Gasteiger partial charge on any atom is 0.258 e. The van der Waals surface area contributed by atoms with Crippen LogP contribution < -0.4 is 16.0 Å². The van der Waals surface area contributed by atoms with Gasteiger partial charge in [0.15, 0.2) is 0 Å². The van der Waals surface area contributed by atoms with Crippen LogP contribution >= 0.6 is 0 Å². The molecule has 3 N–H and O–H groups in total. The lowest BCUT2D eigenvalue weighted by molar-refractivity contribution is 0.375. The first kappa shape index (κ1) is 12.9. The second-order valence-electron chi connectivity index (χ2n) is 4.43. The third-order valence-corrected chi connectivity index (χ3v) is 3.20. The van der Waals surface area contributed by atoms with Crippen LogP contribution in [0, 0.1) is 17.1 Å². The van der Waals surface area contributed by atoms with Crippen LogP contribution in [-0.4, -0.2) is 9.97 Å². The van der Waals surface area contributed by atoms with E-state index in [0.29, 0.717) is 5.56 Å². The number of hydrogen-bond donors (Lipinski definition) is 2. The first-order valence-corrected chi connectivity index (χ1v) is 6.02. The Kier molecular flexibility index (Phi) is 2.92. The highest BCUT2D eigenvalue weighted by Crippen LogP contribution is 2.38. The third-order valence-electron chi connectivity index (χ3n) is 3.20. The molecule has 0 spiro atoms. The molecule has 1 aliphatic rings. The molecule has 104 valence electrons. The molecule has 0 fully saturated rings. The van der Waals surface area contributed by atoms with Crippen LogP contribution in [0.5, 0.6) is 5.88 Å². The van der Waals surface area contributed by atoms with Gasteiger partial charge in [-0.05, 0) is 17.7 Å². The quantitative estimate of drug-likeness (QED) is 0.816. The molecule has 1 aromatic carbocycles. The van der Waals surface area contributed by atoms with Gasteiger partial charge in [0.1, 0.15) is 17.5 Å². The summed E-state index contributed by atoms with van der Waals surface area (Å²) in [4.78, 5) is 18.4. The predicted molar refractivity (Wildman–Crippen MR) is 70.6 cm³/mol. The number of rotatable bonds is 1. The highest BCUT2D eigenvalue weighted by Gasteiger charge is 2.34. The molecular weight excluding hydrogens is 275 g/mol. The van der Waals surface area contributed by atoms with Gasteiger partial charge < -0.3 is 15.5 Å². The van der Waals surface area contributed by atoms with Crippen molar-refractivity contribution in [3.05, 3.63) is 69.3 Å². The Morgan fingerprint density at radius 3 is 3.00 bits per heavy atom. The number of aromatic amines is 1. The lowest BCUT2D eigenvalue weighted by atomic mass is 9.85. The number of nitriles is 1.